The van der Waals surface area contributed by atoms with Gasteiger partial charge in [-0.05, 0) is 49.6 Å². The Labute approximate surface area is 85.3 Å². The van der Waals surface area contributed by atoms with Crippen molar-refractivity contribution in [2.45, 2.75) is 25.8 Å². The Kier molecular flexibility index (Phi) is 2.46. The highest BCUT2D eigenvalue weighted by Crippen LogP contribution is 2.35. The molecule has 1 N–H and O–H groups in total. The van der Waals surface area contributed by atoms with Gasteiger partial charge in [0.05, 0.1) is 7.11 Å². The van der Waals surface area contributed by atoms with E-state index in [1.54, 1.807) is 7.11 Å². The molecule has 0 fully saturated rings. The minimum Gasteiger partial charge on any atom is -0.496 e. The van der Waals surface area contributed by atoms with Crippen LogP contribution in [0.2, 0.25) is 0 Å². The summed E-state index contributed by atoms with van der Waals surface area (Å²) in [5.41, 5.74) is 4.13. The summed E-state index contributed by atoms with van der Waals surface area (Å²) in [4.78, 5) is 0. The van der Waals surface area contributed by atoms with Crippen LogP contribution in [0.25, 0.3) is 0 Å². The first-order chi connectivity index (χ1) is 6.76. The fraction of sp³-hybridized carbons (Fsp3) is 0.500. The monoisotopic (exact) mass is 191 g/mol. The molecule has 0 saturated carbocycles. The number of hydrogen-bond acceptors (Lipinski definition) is 2. The number of nitrogens with one attached hydrogen (secondary N) is 1. The summed E-state index contributed by atoms with van der Waals surface area (Å²) in [6.45, 7) is 2.10. The number of rotatable bonds is 2. The van der Waals surface area contributed by atoms with Gasteiger partial charge in [0.25, 0.3) is 0 Å². The van der Waals surface area contributed by atoms with Crippen LogP contribution in [0.5, 0.6) is 5.75 Å². The molecule has 0 spiro atoms. The molecule has 0 aliphatic heterocycles. The first-order valence-corrected chi connectivity index (χ1v) is 5.11. The number of aryl methyl sites for hydroxylation is 2. The van der Waals surface area contributed by atoms with E-state index >= 15 is 0 Å². The molecule has 2 heteroatoms. The predicted molar refractivity (Wildman–Crippen MR) is 57.9 cm³/mol. The van der Waals surface area contributed by atoms with E-state index in [-0.39, 0.29) is 0 Å². The van der Waals surface area contributed by atoms with Crippen LogP contribution in [0.1, 0.15) is 29.2 Å². The van der Waals surface area contributed by atoms with E-state index in [1.807, 2.05) is 7.05 Å². The van der Waals surface area contributed by atoms with E-state index in [0.717, 1.165) is 5.75 Å². The highest BCUT2D eigenvalue weighted by atomic mass is 16.5. The molecular weight excluding hydrogens is 174 g/mol. The third-order valence-corrected chi connectivity index (χ3v) is 3.08. The summed E-state index contributed by atoms with van der Waals surface area (Å²) in [5.74, 6) is 1.01. The number of methoxy groups -OCH3 is 1. The molecule has 1 unspecified atom stereocenters. The van der Waals surface area contributed by atoms with Gasteiger partial charge in [0, 0.05) is 6.04 Å². The van der Waals surface area contributed by atoms with Gasteiger partial charge in [-0.3, -0.25) is 0 Å². The molecule has 14 heavy (non-hydrogen) atoms. The first-order valence-electron chi connectivity index (χ1n) is 5.11. The standard InChI is InChI=1S/C12H17NO/c1-8-6-9-4-5-11(13-2)10(9)7-12(8)14-3/h6-7,11,13H,4-5H2,1-3H3. The second kappa shape index (κ2) is 3.62. The third kappa shape index (κ3) is 1.40. The van der Waals surface area contributed by atoms with Gasteiger partial charge in [-0.15, -0.1) is 0 Å². The molecule has 1 aliphatic carbocycles. The van der Waals surface area contributed by atoms with Gasteiger partial charge >= 0.3 is 0 Å². The molecule has 2 rings (SSSR count). The first kappa shape index (κ1) is 9.53. The van der Waals surface area contributed by atoms with Gasteiger partial charge in [-0.1, -0.05) is 6.07 Å². The SMILES string of the molecule is CNC1CCc2cc(C)c(OC)cc21. The molecule has 76 valence electrons. The number of fused-ring (bicyclic) bond motifs is 1. The topological polar surface area (TPSA) is 21.3 Å². The van der Waals surface area contributed by atoms with Crippen molar-refractivity contribution in [3.05, 3.63) is 28.8 Å². The van der Waals surface area contributed by atoms with E-state index < -0.39 is 0 Å². The lowest BCUT2D eigenvalue weighted by atomic mass is 10.0. The van der Waals surface area contributed by atoms with Crippen molar-refractivity contribution in [2.24, 2.45) is 0 Å². The Balaban J connectivity index is 2.45. The fourth-order valence-electron chi connectivity index (χ4n) is 2.28. The second-order valence-electron chi connectivity index (χ2n) is 3.90. The van der Waals surface area contributed by atoms with Crippen molar-refractivity contribution < 1.29 is 4.74 Å². The molecule has 0 radical (unpaired) electrons. The lowest BCUT2D eigenvalue weighted by Gasteiger charge is -2.12. The van der Waals surface area contributed by atoms with Crippen LogP contribution in [0.15, 0.2) is 12.1 Å². The Morgan fingerprint density at radius 2 is 2.21 bits per heavy atom. The van der Waals surface area contributed by atoms with Crippen molar-refractivity contribution in [1.82, 2.24) is 5.32 Å². The van der Waals surface area contributed by atoms with Crippen LogP contribution in [0, 0.1) is 6.92 Å². The highest BCUT2D eigenvalue weighted by Gasteiger charge is 2.22. The van der Waals surface area contributed by atoms with E-state index in [2.05, 4.69) is 24.4 Å². The molecule has 0 aromatic heterocycles. The molecule has 0 heterocycles. The summed E-state index contributed by atoms with van der Waals surface area (Å²) < 4.78 is 5.34. The van der Waals surface area contributed by atoms with Crippen molar-refractivity contribution in [3.63, 3.8) is 0 Å². The van der Waals surface area contributed by atoms with Gasteiger partial charge < -0.3 is 10.1 Å². The molecular formula is C12H17NO. The van der Waals surface area contributed by atoms with E-state index in [0.29, 0.717) is 6.04 Å². The van der Waals surface area contributed by atoms with E-state index in [1.165, 1.54) is 29.5 Å². The minimum absolute atomic E-state index is 0.513. The van der Waals surface area contributed by atoms with Gasteiger partial charge in [0.1, 0.15) is 5.75 Å². The summed E-state index contributed by atoms with van der Waals surface area (Å²) in [7, 11) is 3.75. The Morgan fingerprint density at radius 1 is 1.43 bits per heavy atom. The third-order valence-electron chi connectivity index (χ3n) is 3.08. The number of ether oxygens (including phenoxy) is 1. The van der Waals surface area contributed by atoms with Crippen molar-refractivity contribution in [3.8, 4) is 5.75 Å². The molecule has 1 aromatic rings. The van der Waals surface area contributed by atoms with Crippen LogP contribution < -0.4 is 10.1 Å². The van der Waals surface area contributed by atoms with Crippen LogP contribution in [0.3, 0.4) is 0 Å². The van der Waals surface area contributed by atoms with Gasteiger partial charge in [-0.25, -0.2) is 0 Å². The highest BCUT2D eigenvalue weighted by molar-refractivity contribution is 5.45. The average Bonchev–Trinajstić information content (AvgIpc) is 2.58. The smallest absolute Gasteiger partial charge is 0.122 e. The molecule has 1 aromatic carbocycles. The van der Waals surface area contributed by atoms with Crippen LogP contribution in [-0.4, -0.2) is 14.2 Å². The van der Waals surface area contributed by atoms with Crippen molar-refractivity contribution in [2.75, 3.05) is 14.2 Å². The summed E-state index contributed by atoms with van der Waals surface area (Å²) in [6, 6.07) is 4.95. The zero-order valence-electron chi connectivity index (χ0n) is 9.05. The summed E-state index contributed by atoms with van der Waals surface area (Å²) >= 11 is 0. The number of benzene rings is 1. The molecule has 1 atom stereocenters. The lowest BCUT2D eigenvalue weighted by Crippen LogP contribution is -2.12. The largest absolute Gasteiger partial charge is 0.496 e. The van der Waals surface area contributed by atoms with Crippen molar-refractivity contribution >= 4 is 0 Å². The van der Waals surface area contributed by atoms with Gasteiger partial charge in [-0.2, -0.15) is 0 Å². The Morgan fingerprint density at radius 3 is 2.86 bits per heavy atom. The molecule has 2 nitrogen and oxygen atoms in total. The zero-order valence-corrected chi connectivity index (χ0v) is 9.05. The van der Waals surface area contributed by atoms with Crippen LogP contribution >= 0.6 is 0 Å². The Bertz CT molecular complexity index is 346. The van der Waals surface area contributed by atoms with Crippen LogP contribution in [0.4, 0.5) is 0 Å². The second-order valence-corrected chi connectivity index (χ2v) is 3.90. The number of hydrogen-bond donors (Lipinski definition) is 1. The fourth-order valence-corrected chi connectivity index (χ4v) is 2.28. The van der Waals surface area contributed by atoms with Crippen LogP contribution in [-0.2, 0) is 6.42 Å². The lowest BCUT2D eigenvalue weighted by molar-refractivity contribution is 0.410. The van der Waals surface area contributed by atoms with Gasteiger partial charge in [0.2, 0.25) is 0 Å². The minimum atomic E-state index is 0.513. The Hall–Kier alpha value is -1.02. The zero-order chi connectivity index (χ0) is 10.1. The van der Waals surface area contributed by atoms with E-state index in [4.69, 9.17) is 4.74 Å². The predicted octanol–water partition coefficient (Wildman–Crippen LogP) is 2.21. The molecule has 0 bridgehead atoms. The quantitative estimate of drug-likeness (QED) is 0.774. The maximum Gasteiger partial charge on any atom is 0.122 e. The summed E-state index contributed by atoms with van der Waals surface area (Å²) in [5, 5.41) is 3.34. The molecule has 0 amide bonds. The van der Waals surface area contributed by atoms with Crippen molar-refractivity contribution in [1.29, 1.82) is 0 Å². The molecule has 0 saturated heterocycles. The summed E-state index contributed by atoms with van der Waals surface area (Å²) in [6.07, 6.45) is 2.39. The normalized spacial score (nSPS) is 19.5. The molecule has 1 aliphatic rings. The average molecular weight is 191 g/mol. The maximum atomic E-state index is 5.34. The maximum absolute atomic E-state index is 5.34. The van der Waals surface area contributed by atoms with Gasteiger partial charge in [0.15, 0.2) is 0 Å². The van der Waals surface area contributed by atoms with E-state index in [9.17, 15) is 0 Å².